The smallest absolute Gasteiger partial charge is 0.115 e. The summed E-state index contributed by atoms with van der Waals surface area (Å²) in [4.78, 5) is 5.47. The largest absolute Gasteiger partial charge is 0.248 e. The van der Waals surface area contributed by atoms with Crippen LogP contribution in [0, 0.1) is 11.3 Å². The van der Waals surface area contributed by atoms with E-state index in [1.54, 1.807) is 18.0 Å². The Labute approximate surface area is 129 Å². The van der Waals surface area contributed by atoms with Crippen LogP contribution in [0.1, 0.15) is 5.56 Å². The molecule has 2 nitrogen and oxygen atoms in total. The summed E-state index contributed by atoms with van der Waals surface area (Å²) in [6, 6.07) is 17.9. The first kappa shape index (κ1) is 13.2. The van der Waals surface area contributed by atoms with Gasteiger partial charge in [-0.1, -0.05) is 36.0 Å². The minimum absolute atomic E-state index is 0.699. The van der Waals surface area contributed by atoms with Crippen LogP contribution in [-0.4, -0.2) is 4.98 Å². The monoisotopic (exact) mass is 340 g/mol. The van der Waals surface area contributed by atoms with E-state index in [9.17, 15) is 5.26 Å². The molecule has 0 spiro atoms. The Morgan fingerprint density at radius 2 is 1.80 bits per heavy atom. The van der Waals surface area contributed by atoms with Gasteiger partial charge < -0.3 is 0 Å². The predicted octanol–water partition coefficient (Wildman–Crippen LogP) is 5.02. The highest BCUT2D eigenvalue weighted by molar-refractivity contribution is 9.10. The van der Waals surface area contributed by atoms with Crippen molar-refractivity contribution in [1.29, 1.82) is 5.26 Å². The zero-order chi connectivity index (χ0) is 13.9. The summed E-state index contributed by atoms with van der Waals surface area (Å²) in [7, 11) is 0. The molecule has 0 saturated heterocycles. The Hall–Kier alpha value is -1.83. The van der Waals surface area contributed by atoms with Crippen molar-refractivity contribution >= 4 is 38.5 Å². The summed E-state index contributed by atoms with van der Waals surface area (Å²) in [5.41, 5.74) is 0.699. The van der Waals surface area contributed by atoms with Crippen LogP contribution < -0.4 is 0 Å². The van der Waals surface area contributed by atoms with E-state index in [1.165, 1.54) is 0 Å². The van der Waals surface area contributed by atoms with E-state index >= 15 is 0 Å². The van der Waals surface area contributed by atoms with E-state index in [4.69, 9.17) is 0 Å². The van der Waals surface area contributed by atoms with Gasteiger partial charge in [-0.25, -0.2) is 4.98 Å². The number of halogens is 1. The van der Waals surface area contributed by atoms with E-state index < -0.39 is 0 Å². The topological polar surface area (TPSA) is 36.7 Å². The van der Waals surface area contributed by atoms with Gasteiger partial charge in [0.1, 0.15) is 5.03 Å². The molecule has 0 unspecified atom stereocenters. The molecule has 2 aromatic carbocycles. The SMILES string of the molecule is N#Cc1ccc(Sc2ncccc2Br)c2ccccc12. The van der Waals surface area contributed by atoms with Gasteiger partial charge in [0.2, 0.25) is 0 Å². The Balaban J connectivity index is 2.14. The molecule has 0 atom stereocenters. The number of pyridine rings is 1. The third kappa shape index (κ3) is 2.43. The number of hydrogen-bond acceptors (Lipinski definition) is 3. The number of nitrogens with zero attached hydrogens (tertiary/aromatic N) is 2. The van der Waals surface area contributed by atoms with E-state index in [0.717, 1.165) is 25.2 Å². The van der Waals surface area contributed by atoms with Gasteiger partial charge >= 0.3 is 0 Å². The normalized spacial score (nSPS) is 10.4. The Bertz CT molecular complexity index is 824. The van der Waals surface area contributed by atoms with E-state index in [0.29, 0.717) is 5.56 Å². The third-order valence-electron chi connectivity index (χ3n) is 2.94. The van der Waals surface area contributed by atoms with Crippen molar-refractivity contribution < 1.29 is 0 Å². The molecule has 3 aromatic rings. The summed E-state index contributed by atoms with van der Waals surface area (Å²) in [6.45, 7) is 0. The molecule has 0 amide bonds. The molecule has 0 N–H and O–H groups in total. The first-order valence-corrected chi connectivity index (χ1v) is 7.61. The minimum Gasteiger partial charge on any atom is -0.248 e. The lowest BCUT2D eigenvalue weighted by molar-refractivity contribution is 1.11. The predicted molar refractivity (Wildman–Crippen MR) is 84.7 cm³/mol. The minimum atomic E-state index is 0.699. The fourth-order valence-electron chi connectivity index (χ4n) is 2.01. The van der Waals surface area contributed by atoms with Gasteiger partial charge in [0, 0.05) is 16.5 Å². The molecule has 1 aromatic heterocycles. The second-order valence-electron chi connectivity index (χ2n) is 4.16. The summed E-state index contributed by atoms with van der Waals surface area (Å²) < 4.78 is 0.971. The molecule has 0 bridgehead atoms. The van der Waals surface area contributed by atoms with Crippen molar-refractivity contribution in [2.24, 2.45) is 0 Å². The van der Waals surface area contributed by atoms with Crippen molar-refractivity contribution in [3.63, 3.8) is 0 Å². The zero-order valence-corrected chi connectivity index (χ0v) is 12.8. The summed E-state index contributed by atoms with van der Waals surface area (Å²) in [5.74, 6) is 0. The van der Waals surface area contributed by atoms with Gasteiger partial charge in [0.15, 0.2) is 0 Å². The maximum Gasteiger partial charge on any atom is 0.115 e. The number of fused-ring (bicyclic) bond motifs is 1. The fourth-order valence-corrected chi connectivity index (χ4v) is 3.42. The van der Waals surface area contributed by atoms with E-state index in [2.05, 4.69) is 27.0 Å². The molecule has 4 heteroatoms. The lowest BCUT2D eigenvalue weighted by atomic mass is 10.1. The van der Waals surface area contributed by atoms with Gasteiger partial charge in [-0.05, 0) is 45.6 Å². The second-order valence-corrected chi connectivity index (χ2v) is 6.05. The zero-order valence-electron chi connectivity index (χ0n) is 10.4. The number of nitriles is 1. The van der Waals surface area contributed by atoms with Crippen LogP contribution >= 0.6 is 27.7 Å². The molecule has 3 rings (SSSR count). The molecule has 0 aliphatic rings. The third-order valence-corrected chi connectivity index (χ3v) is 4.93. The molecule has 0 aliphatic carbocycles. The molecule has 0 fully saturated rings. The van der Waals surface area contributed by atoms with Crippen molar-refractivity contribution in [2.75, 3.05) is 0 Å². The number of aromatic nitrogens is 1. The number of rotatable bonds is 2. The molecule has 0 aliphatic heterocycles. The summed E-state index contributed by atoms with van der Waals surface area (Å²) in [5, 5.41) is 12.2. The molecule has 20 heavy (non-hydrogen) atoms. The van der Waals surface area contributed by atoms with Crippen LogP contribution in [0.3, 0.4) is 0 Å². The highest BCUT2D eigenvalue weighted by atomic mass is 79.9. The molecule has 1 heterocycles. The number of hydrogen-bond donors (Lipinski definition) is 0. The summed E-state index contributed by atoms with van der Waals surface area (Å²) >= 11 is 5.11. The first-order chi connectivity index (χ1) is 9.79. The highest BCUT2D eigenvalue weighted by Crippen LogP contribution is 2.36. The van der Waals surface area contributed by atoms with Crippen molar-refractivity contribution in [1.82, 2.24) is 4.98 Å². The van der Waals surface area contributed by atoms with Crippen LogP contribution in [0.15, 0.2) is 69.1 Å². The fraction of sp³-hybridized carbons (Fsp3) is 0. The molecule has 96 valence electrons. The Morgan fingerprint density at radius 1 is 1.00 bits per heavy atom. The maximum atomic E-state index is 9.18. The van der Waals surface area contributed by atoms with Crippen LogP contribution in [0.4, 0.5) is 0 Å². The van der Waals surface area contributed by atoms with Crippen LogP contribution in [0.2, 0.25) is 0 Å². The van der Waals surface area contributed by atoms with Gasteiger partial charge in [-0.3, -0.25) is 0 Å². The average molecular weight is 341 g/mol. The maximum absolute atomic E-state index is 9.18. The Kier molecular flexibility index (Phi) is 3.72. The molecule has 0 saturated carbocycles. The summed E-state index contributed by atoms with van der Waals surface area (Å²) in [6.07, 6.45) is 1.78. The number of benzene rings is 2. The van der Waals surface area contributed by atoms with Crippen LogP contribution in [-0.2, 0) is 0 Å². The van der Waals surface area contributed by atoms with Crippen molar-refractivity contribution in [2.45, 2.75) is 9.92 Å². The van der Waals surface area contributed by atoms with Crippen molar-refractivity contribution in [3.05, 3.63) is 64.8 Å². The highest BCUT2D eigenvalue weighted by Gasteiger charge is 2.09. The van der Waals surface area contributed by atoms with Gasteiger partial charge in [-0.15, -0.1) is 0 Å². The van der Waals surface area contributed by atoms with Gasteiger partial charge in [0.05, 0.1) is 16.1 Å². The molecular weight excluding hydrogens is 332 g/mol. The Morgan fingerprint density at radius 3 is 2.55 bits per heavy atom. The van der Waals surface area contributed by atoms with E-state index in [-0.39, 0.29) is 0 Å². The second kappa shape index (κ2) is 5.66. The average Bonchev–Trinajstić information content (AvgIpc) is 2.50. The molecular formula is C16H9BrN2S. The van der Waals surface area contributed by atoms with Gasteiger partial charge in [0.25, 0.3) is 0 Å². The lowest BCUT2D eigenvalue weighted by Gasteiger charge is -2.08. The van der Waals surface area contributed by atoms with Crippen LogP contribution in [0.5, 0.6) is 0 Å². The first-order valence-electron chi connectivity index (χ1n) is 6.00. The van der Waals surface area contributed by atoms with Crippen molar-refractivity contribution in [3.8, 4) is 6.07 Å². The van der Waals surface area contributed by atoms with Gasteiger partial charge in [-0.2, -0.15) is 5.26 Å². The standard InChI is InChI=1S/C16H9BrN2S/c17-14-6-3-9-19-16(14)20-15-8-7-11(10-18)12-4-1-2-5-13(12)15/h1-9H. The van der Waals surface area contributed by atoms with Crippen LogP contribution in [0.25, 0.3) is 10.8 Å². The van der Waals surface area contributed by atoms with E-state index in [1.807, 2.05) is 48.5 Å². The molecule has 0 radical (unpaired) electrons. The quantitative estimate of drug-likeness (QED) is 0.657. The lowest BCUT2D eigenvalue weighted by Crippen LogP contribution is -1.85.